The molecule has 0 rings (SSSR count). The lowest BCUT2D eigenvalue weighted by atomic mass is 10.4. The van der Waals surface area contributed by atoms with Gasteiger partial charge in [-0.2, -0.15) is 0 Å². The number of amides is 2. The molecule has 88 valence electrons. The minimum Gasteiger partial charge on any atom is -0.479 e. The summed E-state index contributed by atoms with van der Waals surface area (Å²) in [5, 5.41) is 16.8. The Morgan fingerprint density at radius 1 is 1.47 bits per heavy atom. The van der Waals surface area contributed by atoms with Gasteiger partial charge in [-0.25, -0.2) is 15.1 Å². The van der Waals surface area contributed by atoms with Crippen molar-refractivity contribution in [1.29, 1.82) is 0 Å². The van der Waals surface area contributed by atoms with Crippen molar-refractivity contribution in [2.24, 2.45) is 0 Å². The van der Waals surface area contributed by atoms with E-state index in [0.29, 0.717) is 19.5 Å². The largest absolute Gasteiger partial charge is 0.479 e. The van der Waals surface area contributed by atoms with Crippen LogP contribution in [0, 0.1) is 0 Å². The van der Waals surface area contributed by atoms with Crippen LogP contribution in [0.1, 0.15) is 13.3 Å². The Balaban J connectivity index is 3.77. The van der Waals surface area contributed by atoms with Crippen LogP contribution in [-0.2, 0) is 9.63 Å². The van der Waals surface area contributed by atoms with Crippen LogP contribution in [0.4, 0.5) is 4.79 Å². The van der Waals surface area contributed by atoms with Gasteiger partial charge in [-0.05, 0) is 13.3 Å². The van der Waals surface area contributed by atoms with Gasteiger partial charge in [0.05, 0.1) is 0 Å². The van der Waals surface area contributed by atoms with E-state index in [1.165, 1.54) is 4.90 Å². The molecule has 0 aromatic carbocycles. The average molecular weight is 220 g/mol. The van der Waals surface area contributed by atoms with Crippen LogP contribution in [-0.4, -0.2) is 53.4 Å². The number of nitrogens with one attached hydrogen (secondary N) is 1. The molecule has 15 heavy (non-hydrogen) atoms. The summed E-state index contributed by atoms with van der Waals surface area (Å²) in [5.74, 6) is -1.16. The predicted octanol–water partition coefficient (Wildman–Crippen LogP) is -0.583. The predicted molar refractivity (Wildman–Crippen MR) is 51.1 cm³/mol. The standard InChI is InChI=1S/C8H16N2O5/c1-2-10(4-3-5-11)8(14)9-15-6-7(12)13/h11H,2-6H2,1H3,(H,9,14)(H,12,13). The minimum atomic E-state index is -1.16. The molecule has 0 fully saturated rings. The summed E-state index contributed by atoms with van der Waals surface area (Å²) in [6, 6.07) is -0.507. The van der Waals surface area contributed by atoms with Crippen LogP contribution in [0.5, 0.6) is 0 Å². The summed E-state index contributed by atoms with van der Waals surface area (Å²) >= 11 is 0. The van der Waals surface area contributed by atoms with E-state index < -0.39 is 18.6 Å². The third-order valence-electron chi connectivity index (χ3n) is 1.61. The lowest BCUT2D eigenvalue weighted by Crippen LogP contribution is -2.41. The summed E-state index contributed by atoms with van der Waals surface area (Å²) in [6.07, 6.45) is 0.472. The average Bonchev–Trinajstić information content (AvgIpc) is 2.18. The lowest BCUT2D eigenvalue weighted by Gasteiger charge is -2.20. The number of nitrogens with zero attached hydrogens (tertiary/aromatic N) is 1. The first-order valence-electron chi connectivity index (χ1n) is 4.61. The van der Waals surface area contributed by atoms with Crippen molar-refractivity contribution in [1.82, 2.24) is 10.4 Å². The third-order valence-corrected chi connectivity index (χ3v) is 1.61. The monoisotopic (exact) mass is 220 g/mol. The lowest BCUT2D eigenvalue weighted by molar-refractivity contribution is -0.144. The van der Waals surface area contributed by atoms with Crippen LogP contribution >= 0.6 is 0 Å². The van der Waals surface area contributed by atoms with Gasteiger partial charge >= 0.3 is 12.0 Å². The van der Waals surface area contributed by atoms with E-state index in [2.05, 4.69) is 4.84 Å². The molecule has 0 aliphatic heterocycles. The molecule has 0 atom stereocenters. The number of carbonyl (C=O) groups excluding carboxylic acids is 1. The molecule has 0 aromatic heterocycles. The van der Waals surface area contributed by atoms with Gasteiger partial charge in [-0.1, -0.05) is 0 Å². The fraction of sp³-hybridized carbons (Fsp3) is 0.750. The molecule has 2 amide bonds. The first-order chi connectivity index (χ1) is 7.11. The minimum absolute atomic E-state index is 0.000235. The molecule has 0 radical (unpaired) electrons. The number of aliphatic hydroxyl groups excluding tert-OH is 1. The fourth-order valence-corrected chi connectivity index (χ4v) is 0.889. The highest BCUT2D eigenvalue weighted by Gasteiger charge is 2.10. The molecule has 0 aromatic rings. The van der Waals surface area contributed by atoms with E-state index in [-0.39, 0.29) is 6.61 Å². The van der Waals surface area contributed by atoms with Gasteiger partial charge in [0.2, 0.25) is 0 Å². The van der Waals surface area contributed by atoms with Crippen molar-refractivity contribution in [2.75, 3.05) is 26.3 Å². The SMILES string of the molecule is CCN(CCCO)C(=O)NOCC(=O)O. The number of carboxylic acid groups (broad SMARTS) is 1. The number of hydrogen-bond donors (Lipinski definition) is 3. The maximum absolute atomic E-state index is 11.3. The van der Waals surface area contributed by atoms with E-state index in [1.54, 1.807) is 6.92 Å². The second-order valence-electron chi connectivity index (χ2n) is 2.75. The van der Waals surface area contributed by atoms with E-state index in [4.69, 9.17) is 10.2 Å². The first-order valence-corrected chi connectivity index (χ1v) is 4.61. The number of aliphatic hydroxyl groups is 1. The Bertz CT molecular complexity index is 209. The van der Waals surface area contributed by atoms with E-state index in [1.807, 2.05) is 5.48 Å². The fourth-order valence-electron chi connectivity index (χ4n) is 0.889. The van der Waals surface area contributed by atoms with Crippen molar-refractivity contribution in [3.63, 3.8) is 0 Å². The number of hydroxylamine groups is 1. The van der Waals surface area contributed by atoms with Gasteiger partial charge < -0.3 is 15.1 Å². The van der Waals surface area contributed by atoms with Gasteiger partial charge in [-0.3, -0.25) is 4.84 Å². The Morgan fingerprint density at radius 3 is 2.60 bits per heavy atom. The van der Waals surface area contributed by atoms with Gasteiger partial charge in [0.1, 0.15) is 0 Å². The van der Waals surface area contributed by atoms with Crippen LogP contribution in [0.2, 0.25) is 0 Å². The van der Waals surface area contributed by atoms with E-state index in [9.17, 15) is 9.59 Å². The number of rotatable bonds is 7. The molecule has 0 aliphatic rings. The maximum Gasteiger partial charge on any atom is 0.341 e. The van der Waals surface area contributed by atoms with Crippen molar-refractivity contribution < 1.29 is 24.6 Å². The van der Waals surface area contributed by atoms with Crippen LogP contribution in [0.15, 0.2) is 0 Å². The summed E-state index contributed by atoms with van der Waals surface area (Å²) in [7, 11) is 0. The quantitative estimate of drug-likeness (QED) is 0.498. The van der Waals surface area contributed by atoms with Crippen LogP contribution < -0.4 is 5.48 Å². The first kappa shape index (κ1) is 13.7. The van der Waals surface area contributed by atoms with Crippen LogP contribution in [0.25, 0.3) is 0 Å². The topological polar surface area (TPSA) is 99.1 Å². The number of carbonyl (C=O) groups is 2. The third kappa shape index (κ3) is 6.69. The van der Waals surface area contributed by atoms with E-state index in [0.717, 1.165) is 0 Å². The molecular weight excluding hydrogens is 204 g/mol. The van der Waals surface area contributed by atoms with Crippen molar-refractivity contribution >= 4 is 12.0 Å². The molecule has 0 heterocycles. The van der Waals surface area contributed by atoms with Gasteiger partial charge in [0.25, 0.3) is 0 Å². The van der Waals surface area contributed by atoms with Crippen molar-refractivity contribution in [3.8, 4) is 0 Å². The van der Waals surface area contributed by atoms with Gasteiger partial charge in [0.15, 0.2) is 6.61 Å². The highest BCUT2D eigenvalue weighted by atomic mass is 16.7. The Morgan fingerprint density at radius 2 is 2.13 bits per heavy atom. The van der Waals surface area contributed by atoms with E-state index >= 15 is 0 Å². The Labute approximate surface area is 87.6 Å². The van der Waals surface area contributed by atoms with Crippen LogP contribution in [0.3, 0.4) is 0 Å². The highest BCUT2D eigenvalue weighted by Crippen LogP contribution is 1.91. The number of aliphatic carboxylic acids is 1. The zero-order valence-electron chi connectivity index (χ0n) is 8.60. The maximum atomic E-state index is 11.3. The second-order valence-corrected chi connectivity index (χ2v) is 2.75. The van der Waals surface area contributed by atoms with Gasteiger partial charge in [0, 0.05) is 19.7 Å². The summed E-state index contributed by atoms with van der Waals surface area (Å²) < 4.78 is 0. The summed E-state index contributed by atoms with van der Waals surface area (Å²) in [6.45, 7) is 2.05. The van der Waals surface area contributed by atoms with Crippen molar-refractivity contribution in [2.45, 2.75) is 13.3 Å². The second kappa shape index (κ2) is 8.01. The number of hydrogen-bond acceptors (Lipinski definition) is 4. The Hall–Kier alpha value is -1.34. The van der Waals surface area contributed by atoms with Gasteiger partial charge in [-0.15, -0.1) is 0 Å². The zero-order chi connectivity index (χ0) is 11.7. The molecule has 0 unspecified atom stereocenters. The molecule has 7 nitrogen and oxygen atoms in total. The van der Waals surface area contributed by atoms with Crippen molar-refractivity contribution in [3.05, 3.63) is 0 Å². The summed E-state index contributed by atoms with van der Waals surface area (Å²) in [4.78, 5) is 27.2. The molecule has 0 bridgehead atoms. The summed E-state index contributed by atoms with van der Waals surface area (Å²) in [5.41, 5.74) is 2.00. The molecule has 0 spiro atoms. The molecule has 3 N–H and O–H groups in total. The normalized spacial score (nSPS) is 9.73. The Kier molecular flexibility index (Phi) is 7.29. The molecule has 0 saturated heterocycles. The molecule has 0 saturated carbocycles. The highest BCUT2D eigenvalue weighted by molar-refractivity contribution is 5.73. The zero-order valence-corrected chi connectivity index (χ0v) is 8.60. The molecule has 7 heteroatoms. The molecular formula is C8H16N2O5. The number of urea groups is 1. The number of carboxylic acids is 1. The smallest absolute Gasteiger partial charge is 0.341 e. The molecule has 0 aliphatic carbocycles.